The van der Waals surface area contributed by atoms with E-state index in [9.17, 15) is 9.18 Å². The van der Waals surface area contributed by atoms with E-state index in [2.05, 4.69) is 15.5 Å². The maximum atomic E-state index is 12.8. The molecule has 0 aliphatic rings. The standard InChI is InChI=1S/C13H16FN5OS/c1-3-11-17-18-13(19(11)15)21-8(2)12(20)16-10-6-4-9(14)5-7-10/h4-8H,3,15H2,1-2H3,(H,16,20)/t8-/m1/s1. The number of nitrogens with two attached hydrogens (primary N) is 1. The molecule has 8 heteroatoms. The van der Waals surface area contributed by atoms with Gasteiger partial charge in [-0.05, 0) is 31.2 Å². The van der Waals surface area contributed by atoms with Crippen molar-refractivity contribution < 1.29 is 9.18 Å². The van der Waals surface area contributed by atoms with Crippen LogP contribution in [0.4, 0.5) is 10.1 Å². The summed E-state index contributed by atoms with van der Waals surface area (Å²) in [5, 5.41) is 10.7. The van der Waals surface area contributed by atoms with Gasteiger partial charge in [0, 0.05) is 12.1 Å². The number of halogens is 1. The van der Waals surface area contributed by atoms with Crippen LogP contribution in [0.25, 0.3) is 0 Å². The van der Waals surface area contributed by atoms with E-state index in [0.29, 0.717) is 23.1 Å². The highest BCUT2D eigenvalue weighted by atomic mass is 32.2. The van der Waals surface area contributed by atoms with Gasteiger partial charge in [-0.25, -0.2) is 9.07 Å². The maximum Gasteiger partial charge on any atom is 0.237 e. The molecule has 2 rings (SSSR count). The van der Waals surface area contributed by atoms with Gasteiger partial charge in [0.05, 0.1) is 5.25 Å². The van der Waals surface area contributed by atoms with Crippen molar-refractivity contribution in [3.05, 3.63) is 35.9 Å². The minimum atomic E-state index is -0.411. The number of carbonyl (C=O) groups excluding carboxylic acids is 1. The van der Waals surface area contributed by atoms with Crippen LogP contribution in [0.15, 0.2) is 29.4 Å². The Morgan fingerprint density at radius 3 is 2.67 bits per heavy atom. The van der Waals surface area contributed by atoms with Gasteiger partial charge in [0.15, 0.2) is 5.82 Å². The molecule has 1 amide bonds. The highest BCUT2D eigenvalue weighted by molar-refractivity contribution is 8.00. The van der Waals surface area contributed by atoms with E-state index >= 15 is 0 Å². The Morgan fingerprint density at radius 2 is 2.10 bits per heavy atom. The number of hydrogen-bond acceptors (Lipinski definition) is 5. The Balaban J connectivity index is 1.99. The number of nitrogens with one attached hydrogen (secondary N) is 1. The van der Waals surface area contributed by atoms with Crippen LogP contribution in [0, 0.1) is 5.82 Å². The molecule has 0 saturated carbocycles. The molecule has 0 aliphatic heterocycles. The third kappa shape index (κ3) is 3.72. The van der Waals surface area contributed by atoms with Crippen molar-refractivity contribution in [1.82, 2.24) is 14.9 Å². The lowest BCUT2D eigenvalue weighted by molar-refractivity contribution is -0.115. The normalized spacial score (nSPS) is 12.1. The summed E-state index contributed by atoms with van der Waals surface area (Å²) in [5.74, 6) is 5.92. The molecule has 0 unspecified atom stereocenters. The molecule has 2 aromatic rings. The topological polar surface area (TPSA) is 85.8 Å². The Labute approximate surface area is 125 Å². The van der Waals surface area contributed by atoms with Crippen molar-refractivity contribution in [2.45, 2.75) is 30.7 Å². The van der Waals surface area contributed by atoms with E-state index in [4.69, 9.17) is 5.84 Å². The van der Waals surface area contributed by atoms with Crippen LogP contribution in [-0.2, 0) is 11.2 Å². The van der Waals surface area contributed by atoms with E-state index in [1.165, 1.54) is 40.7 Å². The molecule has 3 N–H and O–H groups in total. The molecule has 0 fully saturated rings. The summed E-state index contributed by atoms with van der Waals surface area (Å²) in [6.07, 6.45) is 0.667. The predicted molar refractivity (Wildman–Crippen MR) is 79.9 cm³/mol. The molecule has 1 aromatic heterocycles. The summed E-state index contributed by atoms with van der Waals surface area (Å²) in [6.45, 7) is 3.66. The number of aryl methyl sites for hydroxylation is 1. The Morgan fingerprint density at radius 1 is 1.43 bits per heavy atom. The molecule has 112 valence electrons. The van der Waals surface area contributed by atoms with Gasteiger partial charge in [0.1, 0.15) is 5.82 Å². The maximum absolute atomic E-state index is 12.8. The Kier molecular flexibility index (Phi) is 4.79. The number of aromatic nitrogens is 3. The number of rotatable bonds is 5. The fourth-order valence-corrected chi connectivity index (χ4v) is 2.41. The van der Waals surface area contributed by atoms with Crippen molar-refractivity contribution in [1.29, 1.82) is 0 Å². The molecule has 1 atom stereocenters. The lowest BCUT2D eigenvalue weighted by Crippen LogP contribution is -2.23. The first kappa shape index (κ1) is 15.3. The van der Waals surface area contributed by atoms with E-state index < -0.39 is 5.25 Å². The molecule has 1 aromatic carbocycles. The summed E-state index contributed by atoms with van der Waals surface area (Å²) in [5.41, 5.74) is 0.539. The molecule has 0 bridgehead atoms. The van der Waals surface area contributed by atoms with Crippen molar-refractivity contribution >= 4 is 23.4 Å². The molecule has 21 heavy (non-hydrogen) atoms. The van der Waals surface area contributed by atoms with Gasteiger partial charge < -0.3 is 11.2 Å². The average Bonchev–Trinajstić information content (AvgIpc) is 2.82. The van der Waals surface area contributed by atoms with Crippen LogP contribution < -0.4 is 11.2 Å². The van der Waals surface area contributed by atoms with Crippen LogP contribution in [0.3, 0.4) is 0 Å². The van der Waals surface area contributed by atoms with Crippen LogP contribution in [0.1, 0.15) is 19.7 Å². The molecule has 0 spiro atoms. The zero-order valence-corrected chi connectivity index (χ0v) is 12.5. The van der Waals surface area contributed by atoms with E-state index in [1.54, 1.807) is 6.92 Å². The van der Waals surface area contributed by atoms with Gasteiger partial charge in [-0.15, -0.1) is 10.2 Å². The lowest BCUT2D eigenvalue weighted by atomic mass is 10.3. The van der Waals surface area contributed by atoms with Gasteiger partial charge in [-0.3, -0.25) is 4.79 Å². The smallest absolute Gasteiger partial charge is 0.237 e. The minimum absolute atomic E-state index is 0.215. The highest BCUT2D eigenvalue weighted by Crippen LogP contribution is 2.22. The predicted octanol–water partition coefficient (Wildman–Crippen LogP) is 1.81. The summed E-state index contributed by atoms with van der Waals surface area (Å²) < 4.78 is 14.2. The van der Waals surface area contributed by atoms with Crippen molar-refractivity contribution in [2.75, 3.05) is 11.2 Å². The first-order valence-corrected chi connectivity index (χ1v) is 7.31. The zero-order valence-electron chi connectivity index (χ0n) is 11.7. The first-order valence-electron chi connectivity index (χ1n) is 6.43. The third-order valence-electron chi connectivity index (χ3n) is 2.81. The Hall–Kier alpha value is -2.09. The van der Waals surface area contributed by atoms with Gasteiger partial charge >= 0.3 is 0 Å². The van der Waals surface area contributed by atoms with E-state index in [-0.39, 0.29) is 11.7 Å². The van der Waals surface area contributed by atoms with Crippen LogP contribution in [-0.4, -0.2) is 26.0 Å². The molecular weight excluding hydrogens is 293 g/mol. The van der Waals surface area contributed by atoms with Crippen molar-refractivity contribution in [3.63, 3.8) is 0 Å². The second-order valence-corrected chi connectivity index (χ2v) is 5.69. The van der Waals surface area contributed by atoms with Crippen molar-refractivity contribution in [3.8, 4) is 0 Å². The number of thioether (sulfide) groups is 1. The number of anilines is 1. The molecule has 0 aliphatic carbocycles. The molecule has 0 radical (unpaired) electrons. The molecule has 1 heterocycles. The van der Waals surface area contributed by atoms with E-state index in [0.717, 1.165) is 0 Å². The summed E-state index contributed by atoms with van der Waals surface area (Å²) in [4.78, 5) is 12.1. The fourth-order valence-electron chi connectivity index (χ4n) is 1.62. The summed E-state index contributed by atoms with van der Waals surface area (Å²) in [6, 6.07) is 5.59. The second kappa shape index (κ2) is 6.57. The van der Waals surface area contributed by atoms with Gasteiger partial charge in [0.2, 0.25) is 11.1 Å². The monoisotopic (exact) mass is 309 g/mol. The van der Waals surface area contributed by atoms with Gasteiger partial charge in [0.25, 0.3) is 0 Å². The largest absolute Gasteiger partial charge is 0.336 e. The zero-order chi connectivity index (χ0) is 15.4. The van der Waals surface area contributed by atoms with Gasteiger partial charge in [-0.1, -0.05) is 18.7 Å². The molecule has 0 saturated heterocycles. The lowest BCUT2D eigenvalue weighted by Gasteiger charge is -2.11. The Bertz CT molecular complexity index is 628. The molecule has 6 nitrogen and oxygen atoms in total. The van der Waals surface area contributed by atoms with Crippen LogP contribution in [0.2, 0.25) is 0 Å². The number of carbonyl (C=O) groups is 1. The number of benzene rings is 1. The summed E-state index contributed by atoms with van der Waals surface area (Å²) >= 11 is 1.22. The quantitative estimate of drug-likeness (QED) is 0.650. The number of hydrogen-bond donors (Lipinski definition) is 2. The number of amides is 1. The molecular formula is C13H16FN5OS. The highest BCUT2D eigenvalue weighted by Gasteiger charge is 2.19. The van der Waals surface area contributed by atoms with Crippen LogP contribution in [0.5, 0.6) is 0 Å². The third-order valence-corrected chi connectivity index (χ3v) is 3.87. The van der Waals surface area contributed by atoms with E-state index in [1.807, 2.05) is 6.92 Å². The first-order chi connectivity index (χ1) is 10.0. The van der Waals surface area contributed by atoms with Gasteiger partial charge in [-0.2, -0.15) is 0 Å². The minimum Gasteiger partial charge on any atom is -0.336 e. The second-order valence-electron chi connectivity index (χ2n) is 4.38. The summed E-state index contributed by atoms with van der Waals surface area (Å²) in [7, 11) is 0. The van der Waals surface area contributed by atoms with Crippen LogP contribution >= 0.6 is 11.8 Å². The van der Waals surface area contributed by atoms with Crippen molar-refractivity contribution in [2.24, 2.45) is 0 Å². The number of nitrogens with zero attached hydrogens (tertiary/aromatic N) is 3. The number of nitrogen functional groups attached to an aromatic ring is 1. The average molecular weight is 309 g/mol. The SMILES string of the molecule is CCc1nnc(S[C@H](C)C(=O)Nc2ccc(F)cc2)n1N. The fraction of sp³-hybridized carbons (Fsp3) is 0.308.